The van der Waals surface area contributed by atoms with E-state index in [4.69, 9.17) is 16.3 Å². The summed E-state index contributed by atoms with van der Waals surface area (Å²) >= 11 is 9.14. The van der Waals surface area contributed by atoms with Crippen molar-refractivity contribution in [2.45, 2.75) is 0 Å². The maximum atomic E-state index is 12.0. The van der Waals surface area contributed by atoms with Gasteiger partial charge >= 0.3 is 5.97 Å². The number of cyclic esters (lactones) is 1. The molecule has 0 N–H and O–H groups in total. The highest BCUT2D eigenvalue weighted by Gasteiger charge is 2.25. The Bertz CT molecular complexity index is 924. The molecule has 0 spiro atoms. The molecule has 0 unspecified atom stereocenters. The molecule has 1 aliphatic heterocycles. The second-order valence-corrected chi connectivity index (χ2v) is 6.05. The van der Waals surface area contributed by atoms with Crippen molar-refractivity contribution in [3.63, 3.8) is 0 Å². The van der Waals surface area contributed by atoms with E-state index in [1.165, 1.54) is 18.2 Å². The van der Waals surface area contributed by atoms with Crippen molar-refractivity contribution in [2.24, 2.45) is 4.99 Å². The molecule has 0 radical (unpaired) electrons. The molecule has 2 aromatic rings. The standard InChI is InChI=1S/C16H8BrClN2O4/c17-11-4-2-1-3-10(11)15-19-13(16(21)24-15)7-9-5-6-12(18)14(8-9)20(22)23/h1-8H/b13-7-. The minimum Gasteiger partial charge on any atom is -0.402 e. The highest BCUT2D eigenvalue weighted by Crippen LogP contribution is 2.28. The molecule has 0 fully saturated rings. The van der Waals surface area contributed by atoms with Gasteiger partial charge in [0, 0.05) is 10.5 Å². The van der Waals surface area contributed by atoms with Crippen LogP contribution in [-0.4, -0.2) is 16.8 Å². The van der Waals surface area contributed by atoms with Crippen LogP contribution in [0.15, 0.2) is 57.6 Å². The fourth-order valence-electron chi connectivity index (χ4n) is 2.08. The largest absolute Gasteiger partial charge is 0.402 e. The molecule has 0 atom stereocenters. The Morgan fingerprint density at radius 2 is 2.00 bits per heavy atom. The average Bonchev–Trinajstić information content (AvgIpc) is 2.90. The second kappa shape index (κ2) is 6.54. The third-order valence-electron chi connectivity index (χ3n) is 3.20. The van der Waals surface area contributed by atoms with E-state index < -0.39 is 10.9 Å². The van der Waals surface area contributed by atoms with Gasteiger partial charge in [0.05, 0.1) is 10.5 Å². The number of aliphatic imine (C=N–C) groups is 1. The number of carbonyl (C=O) groups excluding carboxylic acids is 1. The molecule has 8 heteroatoms. The number of rotatable bonds is 3. The first kappa shape index (κ1) is 16.4. The molecule has 0 aliphatic carbocycles. The van der Waals surface area contributed by atoms with Crippen LogP contribution >= 0.6 is 27.5 Å². The summed E-state index contributed by atoms with van der Waals surface area (Å²) in [6.07, 6.45) is 1.41. The Balaban J connectivity index is 1.99. The monoisotopic (exact) mass is 406 g/mol. The zero-order valence-corrected chi connectivity index (χ0v) is 14.2. The van der Waals surface area contributed by atoms with Gasteiger partial charge in [-0.2, -0.15) is 0 Å². The van der Waals surface area contributed by atoms with E-state index in [1.807, 2.05) is 6.07 Å². The van der Waals surface area contributed by atoms with Gasteiger partial charge in [-0.1, -0.05) is 29.8 Å². The molecule has 0 aromatic heterocycles. The Labute approximate surface area is 149 Å². The lowest BCUT2D eigenvalue weighted by Gasteiger charge is -2.01. The smallest absolute Gasteiger partial charge is 0.363 e. The summed E-state index contributed by atoms with van der Waals surface area (Å²) in [5, 5.41) is 10.9. The minimum absolute atomic E-state index is 0.0218. The maximum absolute atomic E-state index is 12.0. The first-order valence-electron chi connectivity index (χ1n) is 6.67. The predicted octanol–water partition coefficient (Wildman–Crippen LogP) is 4.36. The summed E-state index contributed by atoms with van der Waals surface area (Å²) in [4.78, 5) is 26.5. The van der Waals surface area contributed by atoms with Crippen molar-refractivity contribution >= 4 is 51.2 Å². The average molecular weight is 408 g/mol. The van der Waals surface area contributed by atoms with E-state index in [1.54, 1.807) is 24.3 Å². The van der Waals surface area contributed by atoms with Gasteiger partial charge in [0.25, 0.3) is 5.69 Å². The molecule has 2 aromatic carbocycles. The van der Waals surface area contributed by atoms with Crippen LogP contribution in [-0.2, 0) is 9.53 Å². The van der Waals surface area contributed by atoms with Crippen molar-refractivity contribution in [2.75, 3.05) is 0 Å². The first-order valence-corrected chi connectivity index (χ1v) is 7.84. The van der Waals surface area contributed by atoms with Crippen LogP contribution in [0.25, 0.3) is 6.08 Å². The zero-order valence-electron chi connectivity index (χ0n) is 11.9. The van der Waals surface area contributed by atoms with Gasteiger partial charge in [0.2, 0.25) is 5.90 Å². The summed E-state index contributed by atoms with van der Waals surface area (Å²) in [6, 6.07) is 11.4. The fourth-order valence-corrected chi connectivity index (χ4v) is 2.72. The molecule has 0 saturated heterocycles. The van der Waals surface area contributed by atoms with E-state index >= 15 is 0 Å². The van der Waals surface area contributed by atoms with E-state index in [0.717, 1.165) is 4.47 Å². The highest BCUT2D eigenvalue weighted by molar-refractivity contribution is 9.10. The Kier molecular flexibility index (Phi) is 4.46. The quantitative estimate of drug-likeness (QED) is 0.328. The summed E-state index contributed by atoms with van der Waals surface area (Å²) in [6.45, 7) is 0. The van der Waals surface area contributed by atoms with Crippen molar-refractivity contribution in [1.29, 1.82) is 0 Å². The lowest BCUT2D eigenvalue weighted by atomic mass is 10.1. The van der Waals surface area contributed by atoms with Crippen LogP contribution in [0, 0.1) is 10.1 Å². The SMILES string of the molecule is O=C1OC(c2ccccc2Br)=N/C1=C\c1ccc(Cl)c([N+](=O)[O-])c1. The molecule has 0 bridgehead atoms. The zero-order chi connectivity index (χ0) is 17.3. The normalized spacial score (nSPS) is 15.3. The highest BCUT2D eigenvalue weighted by atomic mass is 79.9. The number of ether oxygens (including phenoxy) is 1. The first-order chi connectivity index (χ1) is 11.5. The van der Waals surface area contributed by atoms with Gasteiger partial charge in [-0.05, 0) is 45.8 Å². The molecule has 3 rings (SSSR count). The van der Waals surface area contributed by atoms with Crippen molar-refractivity contribution in [1.82, 2.24) is 0 Å². The van der Waals surface area contributed by atoms with E-state index in [-0.39, 0.29) is 22.3 Å². The predicted molar refractivity (Wildman–Crippen MR) is 92.9 cm³/mol. The lowest BCUT2D eigenvalue weighted by molar-refractivity contribution is -0.384. The van der Waals surface area contributed by atoms with Crippen LogP contribution in [0.1, 0.15) is 11.1 Å². The van der Waals surface area contributed by atoms with E-state index in [0.29, 0.717) is 11.1 Å². The van der Waals surface area contributed by atoms with Crippen LogP contribution in [0.3, 0.4) is 0 Å². The number of hydrogen-bond donors (Lipinski definition) is 0. The number of halogens is 2. The number of hydrogen-bond acceptors (Lipinski definition) is 5. The van der Waals surface area contributed by atoms with E-state index in [9.17, 15) is 14.9 Å². The number of benzene rings is 2. The summed E-state index contributed by atoms with van der Waals surface area (Å²) in [5.74, 6) is -0.458. The van der Waals surface area contributed by atoms with Gasteiger partial charge < -0.3 is 4.74 Å². The molecule has 6 nitrogen and oxygen atoms in total. The van der Waals surface area contributed by atoms with Crippen molar-refractivity contribution in [3.8, 4) is 0 Å². The topological polar surface area (TPSA) is 81.8 Å². The van der Waals surface area contributed by atoms with Crippen LogP contribution < -0.4 is 0 Å². The van der Waals surface area contributed by atoms with Crippen LogP contribution in [0.4, 0.5) is 5.69 Å². The molecule has 120 valence electrons. The number of nitro groups is 1. The number of nitrogens with zero attached hydrogens (tertiary/aromatic N) is 2. The van der Waals surface area contributed by atoms with Crippen LogP contribution in [0.5, 0.6) is 0 Å². The van der Waals surface area contributed by atoms with Gasteiger partial charge in [0.15, 0.2) is 5.70 Å². The third kappa shape index (κ3) is 3.22. The third-order valence-corrected chi connectivity index (χ3v) is 4.21. The number of nitro benzene ring substituents is 1. The van der Waals surface area contributed by atoms with Crippen LogP contribution in [0.2, 0.25) is 5.02 Å². The van der Waals surface area contributed by atoms with Gasteiger partial charge in [-0.3, -0.25) is 10.1 Å². The molecule has 0 saturated carbocycles. The molecular weight excluding hydrogens is 400 g/mol. The van der Waals surface area contributed by atoms with Crippen molar-refractivity contribution in [3.05, 3.63) is 78.9 Å². The molecule has 0 amide bonds. The molecule has 1 aliphatic rings. The Morgan fingerprint density at radius 3 is 2.71 bits per heavy atom. The fraction of sp³-hybridized carbons (Fsp3) is 0. The van der Waals surface area contributed by atoms with Gasteiger partial charge in [0.1, 0.15) is 5.02 Å². The Hall–Kier alpha value is -2.51. The minimum atomic E-state index is -0.627. The maximum Gasteiger partial charge on any atom is 0.363 e. The number of esters is 1. The lowest BCUT2D eigenvalue weighted by Crippen LogP contribution is -2.05. The second-order valence-electron chi connectivity index (χ2n) is 4.78. The summed E-state index contributed by atoms with van der Waals surface area (Å²) < 4.78 is 5.90. The summed E-state index contributed by atoms with van der Waals surface area (Å²) in [5.41, 5.74) is 0.872. The number of carbonyl (C=O) groups is 1. The van der Waals surface area contributed by atoms with Crippen molar-refractivity contribution < 1.29 is 14.5 Å². The summed E-state index contributed by atoms with van der Waals surface area (Å²) in [7, 11) is 0. The molecular formula is C16H8BrClN2O4. The van der Waals surface area contributed by atoms with Gasteiger partial charge in [-0.25, -0.2) is 9.79 Å². The van der Waals surface area contributed by atoms with E-state index in [2.05, 4.69) is 20.9 Å². The van der Waals surface area contributed by atoms with Gasteiger partial charge in [-0.15, -0.1) is 0 Å². The molecule has 24 heavy (non-hydrogen) atoms. The molecule has 1 heterocycles. The Morgan fingerprint density at radius 1 is 1.25 bits per heavy atom.